The zero-order chi connectivity index (χ0) is 14.1. The minimum atomic E-state index is 0.644. The number of aryl methyl sites for hydroxylation is 3. The number of aromatic nitrogens is 2. The minimum Gasteiger partial charge on any atom is -0.349 e. The van der Waals surface area contributed by atoms with Gasteiger partial charge in [0.25, 0.3) is 0 Å². The topological polar surface area (TPSA) is 29.0 Å². The molecule has 1 aliphatic carbocycles. The highest BCUT2D eigenvalue weighted by molar-refractivity contribution is 5.43. The number of hydrogen-bond acceptors (Lipinski definition) is 3. The Hall–Kier alpha value is -1.90. The molecule has 0 aliphatic heterocycles. The van der Waals surface area contributed by atoms with E-state index in [0.717, 1.165) is 18.1 Å². The van der Waals surface area contributed by atoms with E-state index in [1.807, 2.05) is 6.92 Å². The average molecular weight is 267 g/mol. The Balaban J connectivity index is 1.86. The van der Waals surface area contributed by atoms with Crippen LogP contribution in [-0.2, 0) is 6.54 Å². The molecule has 1 aromatic heterocycles. The second-order valence-electron chi connectivity index (χ2n) is 5.80. The number of benzene rings is 1. The van der Waals surface area contributed by atoms with Crippen LogP contribution in [0.2, 0.25) is 0 Å². The third kappa shape index (κ3) is 2.82. The Bertz CT molecular complexity index is 617. The van der Waals surface area contributed by atoms with Crippen molar-refractivity contribution in [3.8, 4) is 0 Å². The van der Waals surface area contributed by atoms with Crippen LogP contribution >= 0.6 is 0 Å². The molecular weight excluding hydrogens is 246 g/mol. The zero-order valence-corrected chi connectivity index (χ0v) is 12.4. The van der Waals surface area contributed by atoms with Crippen molar-refractivity contribution in [1.29, 1.82) is 0 Å². The molecule has 0 spiro atoms. The minimum absolute atomic E-state index is 0.644. The third-order valence-corrected chi connectivity index (χ3v) is 4.00. The van der Waals surface area contributed by atoms with Crippen molar-refractivity contribution >= 4 is 5.82 Å². The van der Waals surface area contributed by atoms with Gasteiger partial charge in [0.2, 0.25) is 0 Å². The summed E-state index contributed by atoms with van der Waals surface area (Å²) in [6.45, 7) is 7.29. The molecule has 20 heavy (non-hydrogen) atoms. The zero-order valence-electron chi connectivity index (χ0n) is 12.4. The maximum absolute atomic E-state index is 4.45. The molecule has 1 saturated carbocycles. The Labute approximate surface area is 120 Å². The first-order valence-electron chi connectivity index (χ1n) is 7.25. The molecule has 0 saturated heterocycles. The first kappa shape index (κ1) is 13.1. The maximum atomic E-state index is 4.45. The molecule has 1 aliphatic rings. The molecule has 0 bridgehead atoms. The number of anilines is 1. The molecular formula is C17H21N3. The Morgan fingerprint density at radius 3 is 2.50 bits per heavy atom. The fraction of sp³-hybridized carbons (Fsp3) is 0.412. The number of rotatable bonds is 4. The van der Waals surface area contributed by atoms with E-state index in [9.17, 15) is 0 Å². The molecule has 3 heteroatoms. The molecule has 1 heterocycles. The summed E-state index contributed by atoms with van der Waals surface area (Å²) in [6, 6.07) is 9.45. The standard InChI is InChI=1S/C17H21N3/c1-12-4-5-15(8-13(12)2)10-20(16-6-7-16)17-9-14(3)18-11-19-17/h4-5,8-9,11,16H,6-7,10H2,1-3H3. The van der Waals surface area contributed by atoms with Gasteiger partial charge in [0, 0.05) is 24.3 Å². The number of hydrogen-bond donors (Lipinski definition) is 0. The average Bonchev–Trinajstić information content (AvgIpc) is 3.24. The summed E-state index contributed by atoms with van der Waals surface area (Å²) in [5.41, 5.74) is 5.10. The van der Waals surface area contributed by atoms with E-state index in [1.54, 1.807) is 6.33 Å². The molecule has 0 unspecified atom stereocenters. The molecule has 104 valence electrons. The Kier molecular flexibility index (Phi) is 3.43. The van der Waals surface area contributed by atoms with Crippen LogP contribution in [0.5, 0.6) is 0 Å². The summed E-state index contributed by atoms with van der Waals surface area (Å²) in [7, 11) is 0. The van der Waals surface area contributed by atoms with Crippen molar-refractivity contribution in [2.75, 3.05) is 4.90 Å². The van der Waals surface area contributed by atoms with Gasteiger partial charge in [-0.25, -0.2) is 9.97 Å². The van der Waals surface area contributed by atoms with E-state index in [4.69, 9.17) is 0 Å². The lowest BCUT2D eigenvalue weighted by Gasteiger charge is -2.24. The molecule has 3 rings (SSSR count). The molecule has 2 aromatic rings. The monoisotopic (exact) mass is 267 g/mol. The fourth-order valence-electron chi connectivity index (χ4n) is 2.48. The summed E-state index contributed by atoms with van der Waals surface area (Å²) in [4.78, 5) is 11.1. The largest absolute Gasteiger partial charge is 0.349 e. The highest BCUT2D eigenvalue weighted by Crippen LogP contribution is 2.32. The smallest absolute Gasteiger partial charge is 0.132 e. The van der Waals surface area contributed by atoms with Crippen LogP contribution in [0.25, 0.3) is 0 Å². The van der Waals surface area contributed by atoms with E-state index in [-0.39, 0.29) is 0 Å². The Morgan fingerprint density at radius 2 is 1.85 bits per heavy atom. The van der Waals surface area contributed by atoms with Gasteiger partial charge in [-0.3, -0.25) is 0 Å². The second kappa shape index (κ2) is 5.23. The van der Waals surface area contributed by atoms with Crippen LogP contribution in [-0.4, -0.2) is 16.0 Å². The van der Waals surface area contributed by atoms with E-state index in [1.165, 1.54) is 29.5 Å². The third-order valence-electron chi connectivity index (χ3n) is 4.00. The molecule has 1 fully saturated rings. The summed E-state index contributed by atoms with van der Waals surface area (Å²) in [5.74, 6) is 1.05. The van der Waals surface area contributed by atoms with Crippen LogP contribution in [0.3, 0.4) is 0 Å². The normalized spacial score (nSPS) is 14.3. The van der Waals surface area contributed by atoms with Crippen molar-refractivity contribution in [2.24, 2.45) is 0 Å². The van der Waals surface area contributed by atoms with E-state index in [2.05, 4.69) is 53.0 Å². The van der Waals surface area contributed by atoms with Gasteiger partial charge in [-0.2, -0.15) is 0 Å². The van der Waals surface area contributed by atoms with Crippen molar-refractivity contribution in [1.82, 2.24) is 9.97 Å². The molecule has 0 atom stereocenters. The first-order chi connectivity index (χ1) is 9.63. The van der Waals surface area contributed by atoms with Crippen molar-refractivity contribution in [3.63, 3.8) is 0 Å². The lowest BCUT2D eigenvalue weighted by molar-refractivity contribution is 0.773. The van der Waals surface area contributed by atoms with Gasteiger partial charge in [0.15, 0.2) is 0 Å². The SMILES string of the molecule is Cc1cc(N(Cc2ccc(C)c(C)c2)C2CC2)ncn1. The number of nitrogens with zero attached hydrogens (tertiary/aromatic N) is 3. The quantitative estimate of drug-likeness (QED) is 0.848. The van der Waals surface area contributed by atoms with Crippen molar-refractivity contribution in [2.45, 2.75) is 46.2 Å². The van der Waals surface area contributed by atoms with Crippen LogP contribution in [0.4, 0.5) is 5.82 Å². The lowest BCUT2D eigenvalue weighted by atomic mass is 10.1. The van der Waals surface area contributed by atoms with Gasteiger partial charge >= 0.3 is 0 Å². The van der Waals surface area contributed by atoms with E-state index in [0.29, 0.717) is 6.04 Å². The van der Waals surface area contributed by atoms with Gasteiger partial charge in [-0.05, 0) is 50.3 Å². The van der Waals surface area contributed by atoms with Gasteiger partial charge in [0.1, 0.15) is 12.1 Å². The highest BCUT2D eigenvalue weighted by atomic mass is 15.2. The van der Waals surface area contributed by atoms with Crippen LogP contribution in [0, 0.1) is 20.8 Å². The maximum Gasteiger partial charge on any atom is 0.132 e. The highest BCUT2D eigenvalue weighted by Gasteiger charge is 2.30. The van der Waals surface area contributed by atoms with Crippen LogP contribution in [0.1, 0.15) is 35.2 Å². The summed E-state index contributed by atoms with van der Waals surface area (Å²) >= 11 is 0. The lowest BCUT2D eigenvalue weighted by Crippen LogP contribution is -2.26. The van der Waals surface area contributed by atoms with Gasteiger partial charge in [-0.1, -0.05) is 18.2 Å². The van der Waals surface area contributed by atoms with Crippen molar-refractivity contribution < 1.29 is 0 Å². The summed E-state index contributed by atoms with van der Waals surface area (Å²) in [5, 5.41) is 0. The van der Waals surface area contributed by atoms with Gasteiger partial charge in [-0.15, -0.1) is 0 Å². The molecule has 0 N–H and O–H groups in total. The van der Waals surface area contributed by atoms with Crippen LogP contribution < -0.4 is 4.90 Å². The molecule has 3 nitrogen and oxygen atoms in total. The van der Waals surface area contributed by atoms with E-state index >= 15 is 0 Å². The molecule has 0 radical (unpaired) electrons. The van der Waals surface area contributed by atoms with Crippen molar-refractivity contribution in [3.05, 3.63) is 53.0 Å². The van der Waals surface area contributed by atoms with Crippen LogP contribution in [0.15, 0.2) is 30.6 Å². The predicted molar refractivity (Wildman–Crippen MR) is 81.9 cm³/mol. The predicted octanol–water partition coefficient (Wildman–Crippen LogP) is 3.57. The summed E-state index contributed by atoms with van der Waals surface area (Å²) < 4.78 is 0. The fourth-order valence-corrected chi connectivity index (χ4v) is 2.48. The molecule has 0 amide bonds. The second-order valence-corrected chi connectivity index (χ2v) is 5.80. The first-order valence-corrected chi connectivity index (χ1v) is 7.25. The summed E-state index contributed by atoms with van der Waals surface area (Å²) in [6.07, 6.45) is 4.21. The van der Waals surface area contributed by atoms with Gasteiger partial charge in [0.05, 0.1) is 0 Å². The van der Waals surface area contributed by atoms with E-state index < -0.39 is 0 Å². The van der Waals surface area contributed by atoms with Gasteiger partial charge < -0.3 is 4.90 Å². The molecule has 1 aromatic carbocycles. The Morgan fingerprint density at radius 1 is 1.05 bits per heavy atom.